The van der Waals surface area contributed by atoms with Crippen LogP contribution >= 0.6 is 0 Å². The van der Waals surface area contributed by atoms with Gasteiger partial charge in [0.15, 0.2) is 0 Å². The second kappa shape index (κ2) is 8.53. The summed E-state index contributed by atoms with van der Waals surface area (Å²) in [5.41, 5.74) is 1.36. The zero-order valence-corrected chi connectivity index (χ0v) is 13.7. The molecule has 2 atom stereocenters. The molecule has 0 heterocycles. The fourth-order valence-electron chi connectivity index (χ4n) is 2.83. The third-order valence-electron chi connectivity index (χ3n) is 4.13. The molecule has 2 rings (SSSR count). The number of methoxy groups -OCH3 is 1. The van der Waals surface area contributed by atoms with E-state index in [2.05, 4.69) is 22.9 Å². The number of carbonyl (C=O) groups is 2. The monoisotopic (exact) mass is 319 g/mol. The molecule has 0 saturated heterocycles. The van der Waals surface area contributed by atoms with Crippen LogP contribution in [-0.4, -0.2) is 31.7 Å². The second-order valence-corrected chi connectivity index (χ2v) is 6.03. The van der Waals surface area contributed by atoms with Gasteiger partial charge < -0.3 is 20.7 Å². The number of benzene rings is 1. The summed E-state index contributed by atoms with van der Waals surface area (Å²) in [6.07, 6.45) is 4.63. The molecule has 3 amide bonds. The Labute approximate surface area is 137 Å². The van der Waals surface area contributed by atoms with Gasteiger partial charge in [-0.25, -0.2) is 4.79 Å². The van der Waals surface area contributed by atoms with Crippen molar-refractivity contribution >= 4 is 23.3 Å². The van der Waals surface area contributed by atoms with E-state index in [-0.39, 0.29) is 24.6 Å². The standard InChI is InChI=1S/C17H25N3O3/c1-12-5-3-4-6-15(12)20-17(22)19-14-9-7-13(8-10-14)18-16(21)11-23-2/h7-10,12,15H,3-6,11H2,1-2H3,(H,18,21)(H2,19,20,22). The maximum Gasteiger partial charge on any atom is 0.319 e. The maximum atomic E-state index is 12.1. The van der Waals surface area contributed by atoms with Crippen molar-refractivity contribution in [3.8, 4) is 0 Å². The third kappa shape index (κ3) is 5.56. The van der Waals surface area contributed by atoms with Crippen molar-refractivity contribution in [2.24, 2.45) is 5.92 Å². The first-order chi connectivity index (χ1) is 11.1. The average Bonchev–Trinajstić information content (AvgIpc) is 2.52. The largest absolute Gasteiger partial charge is 0.375 e. The fourth-order valence-corrected chi connectivity index (χ4v) is 2.83. The van der Waals surface area contributed by atoms with Crippen LogP contribution in [0.25, 0.3) is 0 Å². The molecule has 6 nitrogen and oxygen atoms in total. The third-order valence-corrected chi connectivity index (χ3v) is 4.13. The lowest BCUT2D eigenvalue weighted by atomic mass is 9.86. The van der Waals surface area contributed by atoms with Crippen LogP contribution in [0.5, 0.6) is 0 Å². The lowest BCUT2D eigenvalue weighted by Crippen LogP contribution is -2.43. The molecule has 0 aromatic heterocycles. The first-order valence-electron chi connectivity index (χ1n) is 8.05. The minimum atomic E-state index is -0.211. The summed E-state index contributed by atoms with van der Waals surface area (Å²) in [5.74, 6) is 0.310. The van der Waals surface area contributed by atoms with Crippen molar-refractivity contribution in [3.63, 3.8) is 0 Å². The lowest BCUT2D eigenvalue weighted by Gasteiger charge is -2.29. The van der Waals surface area contributed by atoms with Crippen LogP contribution in [0.3, 0.4) is 0 Å². The fraction of sp³-hybridized carbons (Fsp3) is 0.529. The van der Waals surface area contributed by atoms with Crippen LogP contribution in [0.1, 0.15) is 32.6 Å². The molecule has 6 heteroatoms. The zero-order chi connectivity index (χ0) is 16.7. The van der Waals surface area contributed by atoms with Crippen LogP contribution in [0, 0.1) is 5.92 Å². The molecule has 1 saturated carbocycles. The van der Waals surface area contributed by atoms with Crippen molar-refractivity contribution < 1.29 is 14.3 Å². The Kier molecular flexibility index (Phi) is 6.40. The van der Waals surface area contributed by atoms with Gasteiger partial charge in [0.2, 0.25) is 5.91 Å². The summed E-state index contributed by atoms with van der Waals surface area (Å²) in [7, 11) is 1.47. The molecule has 1 aromatic carbocycles. The number of amides is 3. The van der Waals surface area contributed by atoms with Crippen molar-refractivity contribution in [3.05, 3.63) is 24.3 Å². The average molecular weight is 319 g/mol. The van der Waals surface area contributed by atoms with E-state index >= 15 is 0 Å². The molecule has 0 aliphatic heterocycles. The molecule has 3 N–H and O–H groups in total. The molecular weight excluding hydrogens is 294 g/mol. The minimum Gasteiger partial charge on any atom is -0.375 e. The molecule has 0 radical (unpaired) electrons. The van der Waals surface area contributed by atoms with Gasteiger partial charge in [0.05, 0.1) is 0 Å². The molecule has 1 aromatic rings. The topological polar surface area (TPSA) is 79.5 Å². The summed E-state index contributed by atoms with van der Waals surface area (Å²) >= 11 is 0. The van der Waals surface area contributed by atoms with Gasteiger partial charge in [-0.1, -0.05) is 19.8 Å². The highest BCUT2D eigenvalue weighted by Gasteiger charge is 2.22. The van der Waals surface area contributed by atoms with E-state index in [4.69, 9.17) is 4.74 Å². The van der Waals surface area contributed by atoms with Gasteiger partial charge in [-0.2, -0.15) is 0 Å². The Morgan fingerprint density at radius 3 is 2.30 bits per heavy atom. The Bertz CT molecular complexity index is 530. The quantitative estimate of drug-likeness (QED) is 0.780. The molecule has 1 aliphatic rings. The molecule has 1 aliphatic carbocycles. The molecular formula is C17H25N3O3. The molecule has 2 unspecified atom stereocenters. The van der Waals surface area contributed by atoms with Gasteiger partial charge in [-0.15, -0.1) is 0 Å². The summed E-state index contributed by atoms with van der Waals surface area (Å²) in [5, 5.41) is 8.57. The summed E-state index contributed by atoms with van der Waals surface area (Å²) < 4.78 is 4.76. The van der Waals surface area contributed by atoms with Gasteiger partial charge in [0, 0.05) is 24.5 Å². The second-order valence-electron chi connectivity index (χ2n) is 6.03. The van der Waals surface area contributed by atoms with E-state index in [1.165, 1.54) is 26.4 Å². The molecule has 1 fully saturated rings. The van der Waals surface area contributed by atoms with E-state index in [1.807, 2.05) is 0 Å². The van der Waals surface area contributed by atoms with E-state index in [0.29, 0.717) is 17.3 Å². The highest BCUT2D eigenvalue weighted by atomic mass is 16.5. The van der Waals surface area contributed by atoms with Gasteiger partial charge >= 0.3 is 6.03 Å². The maximum absolute atomic E-state index is 12.1. The van der Waals surface area contributed by atoms with E-state index in [0.717, 1.165) is 6.42 Å². The van der Waals surface area contributed by atoms with Crippen molar-refractivity contribution in [2.45, 2.75) is 38.6 Å². The Morgan fingerprint density at radius 1 is 1.09 bits per heavy atom. The Balaban J connectivity index is 1.82. The van der Waals surface area contributed by atoms with E-state index in [1.54, 1.807) is 24.3 Å². The normalized spacial score (nSPS) is 20.6. The van der Waals surface area contributed by atoms with Crippen LogP contribution in [-0.2, 0) is 9.53 Å². The minimum absolute atomic E-state index is 0.0159. The van der Waals surface area contributed by atoms with Gasteiger partial charge in [-0.3, -0.25) is 4.79 Å². The first kappa shape index (κ1) is 17.3. The number of rotatable bonds is 5. The lowest BCUT2D eigenvalue weighted by molar-refractivity contribution is -0.119. The number of ether oxygens (including phenoxy) is 1. The predicted molar refractivity (Wildman–Crippen MR) is 90.5 cm³/mol. The van der Waals surface area contributed by atoms with Gasteiger partial charge in [-0.05, 0) is 43.0 Å². The van der Waals surface area contributed by atoms with E-state index < -0.39 is 0 Å². The van der Waals surface area contributed by atoms with Crippen LogP contribution in [0.2, 0.25) is 0 Å². The summed E-state index contributed by atoms with van der Waals surface area (Å²) in [6, 6.07) is 7.06. The number of hydrogen-bond acceptors (Lipinski definition) is 3. The molecule has 126 valence electrons. The Morgan fingerprint density at radius 2 is 1.70 bits per heavy atom. The molecule has 23 heavy (non-hydrogen) atoms. The molecule has 0 spiro atoms. The van der Waals surface area contributed by atoms with E-state index in [9.17, 15) is 9.59 Å². The zero-order valence-electron chi connectivity index (χ0n) is 13.7. The number of carbonyl (C=O) groups excluding carboxylic acids is 2. The van der Waals surface area contributed by atoms with Crippen molar-refractivity contribution in [2.75, 3.05) is 24.4 Å². The summed E-state index contributed by atoms with van der Waals surface area (Å²) in [6.45, 7) is 2.20. The first-order valence-corrected chi connectivity index (χ1v) is 8.05. The van der Waals surface area contributed by atoms with Crippen LogP contribution in [0.15, 0.2) is 24.3 Å². The highest BCUT2D eigenvalue weighted by molar-refractivity contribution is 5.93. The number of hydrogen-bond donors (Lipinski definition) is 3. The number of urea groups is 1. The number of nitrogens with one attached hydrogen (secondary N) is 3. The summed E-state index contributed by atoms with van der Waals surface area (Å²) in [4.78, 5) is 23.5. The van der Waals surface area contributed by atoms with Crippen molar-refractivity contribution in [1.82, 2.24) is 5.32 Å². The number of anilines is 2. The van der Waals surface area contributed by atoms with Gasteiger partial charge in [0.25, 0.3) is 0 Å². The highest BCUT2D eigenvalue weighted by Crippen LogP contribution is 2.23. The van der Waals surface area contributed by atoms with Crippen molar-refractivity contribution in [1.29, 1.82) is 0 Å². The SMILES string of the molecule is COCC(=O)Nc1ccc(NC(=O)NC2CCCCC2C)cc1. The predicted octanol–water partition coefficient (Wildman–Crippen LogP) is 2.97. The van der Waals surface area contributed by atoms with Crippen LogP contribution in [0.4, 0.5) is 16.2 Å². The Hall–Kier alpha value is -2.08. The smallest absolute Gasteiger partial charge is 0.319 e. The molecule has 0 bridgehead atoms. The van der Waals surface area contributed by atoms with Gasteiger partial charge in [0.1, 0.15) is 6.61 Å². The van der Waals surface area contributed by atoms with Crippen LogP contribution < -0.4 is 16.0 Å².